The zero-order valence-electron chi connectivity index (χ0n) is 14.5. The molecule has 4 rings (SSSR count). The third kappa shape index (κ3) is 3.26. The first kappa shape index (κ1) is 16.6. The van der Waals surface area contributed by atoms with E-state index in [1.807, 2.05) is 12.1 Å². The molecule has 2 aliphatic rings. The number of nitrogens with zero attached hydrogens (tertiary/aromatic N) is 4. The number of urea groups is 1. The van der Waals surface area contributed by atoms with Gasteiger partial charge in [0.05, 0.1) is 17.4 Å². The van der Waals surface area contributed by atoms with E-state index >= 15 is 0 Å². The molecule has 2 aromatic heterocycles. The van der Waals surface area contributed by atoms with Crippen molar-refractivity contribution in [2.24, 2.45) is 0 Å². The standard InChI is InChI=1S/C18H22N6O2/c25-16-8-7-13(21-22-16)15-6-4-12-24(15)18(26)20-14-5-3-9-19-17(14)23-10-1-2-11-23/h3,5,7-9,15H,1-2,4,6,10-12H2,(H,20,26)(H,22,25). The van der Waals surface area contributed by atoms with Gasteiger partial charge in [-0.1, -0.05) is 0 Å². The van der Waals surface area contributed by atoms with Crippen LogP contribution in [0.5, 0.6) is 0 Å². The number of H-pyrrole nitrogens is 1. The maximum absolute atomic E-state index is 12.9. The molecule has 4 heterocycles. The quantitative estimate of drug-likeness (QED) is 0.881. The van der Waals surface area contributed by atoms with Gasteiger partial charge in [0.25, 0.3) is 5.56 Å². The average molecular weight is 354 g/mol. The number of rotatable bonds is 3. The molecule has 1 atom stereocenters. The number of pyridine rings is 1. The zero-order valence-corrected chi connectivity index (χ0v) is 14.5. The van der Waals surface area contributed by atoms with Crippen molar-refractivity contribution in [2.45, 2.75) is 31.7 Å². The van der Waals surface area contributed by atoms with E-state index in [1.54, 1.807) is 17.2 Å². The fourth-order valence-electron chi connectivity index (χ4n) is 3.72. The maximum atomic E-state index is 12.9. The largest absolute Gasteiger partial charge is 0.355 e. The smallest absolute Gasteiger partial charge is 0.322 e. The molecule has 2 amide bonds. The van der Waals surface area contributed by atoms with Gasteiger partial charge in [0.1, 0.15) is 0 Å². The number of anilines is 2. The number of carbonyl (C=O) groups excluding carboxylic acids is 1. The van der Waals surface area contributed by atoms with Crippen molar-refractivity contribution < 1.29 is 4.79 Å². The number of aromatic nitrogens is 3. The van der Waals surface area contributed by atoms with Crippen LogP contribution >= 0.6 is 0 Å². The van der Waals surface area contributed by atoms with Crippen LogP contribution in [0, 0.1) is 0 Å². The van der Waals surface area contributed by atoms with E-state index in [0.29, 0.717) is 12.2 Å². The molecular weight excluding hydrogens is 332 g/mol. The van der Waals surface area contributed by atoms with Gasteiger partial charge in [-0.25, -0.2) is 14.9 Å². The molecule has 2 fully saturated rings. The van der Waals surface area contributed by atoms with Gasteiger partial charge in [0, 0.05) is 31.9 Å². The first-order valence-electron chi connectivity index (χ1n) is 9.05. The van der Waals surface area contributed by atoms with Crippen LogP contribution in [0.4, 0.5) is 16.3 Å². The number of hydrogen-bond donors (Lipinski definition) is 2. The summed E-state index contributed by atoms with van der Waals surface area (Å²) >= 11 is 0. The molecule has 2 aromatic rings. The Bertz CT molecular complexity index is 825. The van der Waals surface area contributed by atoms with Crippen molar-refractivity contribution in [2.75, 3.05) is 29.9 Å². The lowest BCUT2D eigenvalue weighted by Gasteiger charge is -2.26. The normalized spacial score (nSPS) is 19.8. The van der Waals surface area contributed by atoms with Gasteiger partial charge in [-0.3, -0.25) is 4.79 Å². The SMILES string of the molecule is O=C(Nc1cccnc1N1CCCC1)N1CCCC1c1ccc(=O)[nH]n1. The van der Waals surface area contributed by atoms with E-state index in [1.165, 1.54) is 6.07 Å². The number of carbonyl (C=O) groups is 1. The Morgan fingerprint density at radius 3 is 2.77 bits per heavy atom. The summed E-state index contributed by atoms with van der Waals surface area (Å²) in [7, 11) is 0. The molecule has 0 radical (unpaired) electrons. The molecule has 0 bridgehead atoms. The minimum Gasteiger partial charge on any atom is -0.355 e. The Morgan fingerprint density at radius 2 is 2.00 bits per heavy atom. The molecule has 0 saturated carbocycles. The molecular formula is C18H22N6O2. The Kier molecular flexibility index (Phi) is 4.55. The predicted molar refractivity (Wildman–Crippen MR) is 98.2 cm³/mol. The zero-order chi connectivity index (χ0) is 17.9. The van der Waals surface area contributed by atoms with Crippen molar-refractivity contribution in [3.63, 3.8) is 0 Å². The van der Waals surface area contributed by atoms with Gasteiger partial charge in [-0.15, -0.1) is 0 Å². The van der Waals surface area contributed by atoms with E-state index in [2.05, 4.69) is 25.4 Å². The summed E-state index contributed by atoms with van der Waals surface area (Å²) in [5.41, 5.74) is 1.20. The fraction of sp³-hybridized carbons (Fsp3) is 0.444. The Morgan fingerprint density at radius 1 is 1.15 bits per heavy atom. The lowest BCUT2D eigenvalue weighted by atomic mass is 10.1. The van der Waals surface area contributed by atoms with Crippen LogP contribution in [-0.4, -0.2) is 45.7 Å². The summed E-state index contributed by atoms with van der Waals surface area (Å²) in [6.45, 7) is 2.59. The first-order chi connectivity index (χ1) is 12.7. The second-order valence-corrected chi connectivity index (χ2v) is 6.70. The number of nitrogens with one attached hydrogen (secondary N) is 2. The highest BCUT2D eigenvalue weighted by atomic mass is 16.2. The van der Waals surface area contributed by atoms with Gasteiger partial charge in [0.15, 0.2) is 5.82 Å². The monoisotopic (exact) mass is 354 g/mol. The summed E-state index contributed by atoms with van der Waals surface area (Å²) in [6, 6.07) is 6.58. The van der Waals surface area contributed by atoms with E-state index in [4.69, 9.17) is 0 Å². The number of amides is 2. The van der Waals surface area contributed by atoms with Gasteiger partial charge in [0.2, 0.25) is 0 Å². The second kappa shape index (κ2) is 7.15. The van der Waals surface area contributed by atoms with Crippen LogP contribution in [0.3, 0.4) is 0 Å². The van der Waals surface area contributed by atoms with Gasteiger partial charge in [-0.05, 0) is 43.9 Å². The van der Waals surface area contributed by atoms with E-state index in [0.717, 1.165) is 50.3 Å². The minimum atomic E-state index is -0.242. The van der Waals surface area contributed by atoms with Crippen molar-refractivity contribution >= 4 is 17.5 Å². The lowest BCUT2D eigenvalue weighted by Crippen LogP contribution is -2.35. The van der Waals surface area contributed by atoms with Crippen LogP contribution < -0.4 is 15.8 Å². The molecule has 2 saturated heterocycles. The maximum Gasteiger partial charge on any atom is 0.322 e. The Labute approximate surface area is 151 Å². The molecule has 26 heavy (non-hydrogen) atoms. The van der Waals surface area contributed by atoms with E-state index in [9.17, 15) is 9.59 Å². The van der Waals surface area contributed by atoms with Crippen molar-refractivity contribution in [1.29, 1.82) is 0 Å². The molecule has 136 valence electrons. The average Bonchev–Trinajstić information content (AvgIpc) is 3.35. The van der Waals surface area contributed by atoms with Crippen LogP contribution in [-0.2, 0) is 0 Å². The number of aromatic amines is 1. The van der Waals surface area contributed by atoms with Crippen LogP contribution in [0.1, 0.15) is 37.4 Å². The third-order valence-corrected chi connectivity index (χ3v) is 4.99. The Balaban J connectivity index is 1.53. The minimum absolute atomic E-state index is 0.126. The third-order valence-electron chi connectivity index (χ3n) is 4.99. The van der Waals surface area contributed by atoms with Crippen LogP contribution in [0.15, 0.2) is 35.3 Å². The Hall–Kier alpha value is -2.90. The molecule has 0 aliphatic carbocycles. The van der Waals surface area contributed by atoms with Gasteiger partial charge >= 0.3 is 6.03 Å². The molecule has 8 heteroatoms. The molecule has 0 aromatic carbocycles. The summed E-state index contributed by atoms with van der Waals surface area (Å²) in [5, 5.41) is 9.58. The highest BCUT2D eigenvalue weighted by Gasteiger charge is 2.31. The second-order valence-electron chi connectivity index (χ2n) is 6.70. The van der Waals surface area contributed by atoms with Crippen LogP contribution in [0.2, 0.25) is 0 Å². The lowest BCUT2D eigenvalue weighted by molar-refractivity contribution is 0.206. The summed E-state index contributed by atoms with van der Waals surface area (Å²) in [5.74, 6) is 0.830. The molecule has 8 nitrogen and oxygen atoms in total. The highest BCUT2D eigenvalue weighted by Crippen LogP contribution is 2.32. The highest BCUT2D eigenvalue weighted by molar-refractivity contribution is 5.92. The van der Waals surface area contributed by atoms with E-state index < -0.39 is 0 Å². The topological polar surface area (TPSA) is 94.2 Å². The molecule has 2 aliphatic heterocycles. The fourth-order valence-corrected chi connectivity index (χ4v) is 3.72. The van der Waals surface area contributed by atoms with Gasteiger partial charge in [-0.2, -0.15) is 5.10 Å². The summed E-state index contributed by atoms with van der Waals surface area (Å²) in [6.07, 6.45) is 5.79. The predicted octanol–water partition coefficient (Wildman–Crippen LogP) is 2.13. The van der Waals surface area contributed by atoms with Crippen molar-refractivity contribution in [3.05, 3.63) is 46.5 Å². The van der Waals surface area contributed by atoms with Crippen molar-refractivity contribution in [1.82, 2.24) is 20.1 Å². The van der Waals surface area contributed by atoms with Crippen LogP contribution in [0.25, 0.3) is 0 Å². The van der Waals surface area contributed by atoms with Gasteiger partial charge < -0.3 is 15.1 Å². The number of hydrogen-bond acceptors (Lipinski definition) is 5. The van der Waals surface area contributed by atoms with E-state index in [-0.39, 0.29) is 17.6 Å². The van der Waals surface area contributed by atoms with Crippen molar-refractivity contribution in [3.8, 4) is 0 Å². The molecule has 1 unspecified atom stereocenters. The summed E-state index contributed by atoms with van der Waals surface area (Å²) < 4.78 is 0. The first-order valence-corrected chi connectivity index (χ1v) is 9.05. The summed E-state index contributed by atoms with van der Waals surface area (Å²) in [4.78, 5) is 32.6. The molecule has 0 spiro atoms. The number of likely N-dealkylation sites (tertiary alicyclic amines) is 1. The molecule has 2 N–H and O–H groups in total.